The summed E-state index contributed by atoms with van der Waals surface area (Å²) in [6, 6.07) is 5.13. The normalized spacial score (nSPS) is 20.2. The molecule has 0 aromatic heterocycles. The van der Waals surface area contributed by atoms with E-state index in [4.69, 9.17) is 14.6 Å². The van der Waals surface area contributed by atoms with E-state index >= 15 is 0 Å². The topological polar surface area (TPSA) is 111 Å². The van der Waals surface area contributed by atoms with Crippen molar-refractivity contribution in [3.8, 4) is 11.5 Å². The third-order valence-corrected chi connectivity index (χ3v) is 5.09. The summed E-state index contributed by atoms with van der Waals surface area (Å²) in [5.74, 6) is 1.34. The fraction of sp³-hybridized carbons (Fsp3) is 0.462. The van der Waals surface area contributed by atoms with Crippen LogP contribution >= 0.6 is 0 Å². The molecule has 1 unspecified atom stereocenters. The third kappa shape index (κ3) is 3.09. The molecule has 0 radical (unpaired) electrons. The molecule has 3 N–H and O–H groups in total. The second-order valence-corrected chi connectivity index (χ2v) is 7.14. The van der Waals surface area contributed by atoms with Crippen molar-refractivity contribution in [2.45, 2.75) is 18.2 Å². The lowest BCUT2D eigenvalue weighted by atomic mass is 10.2. The molecule has 8 nitrogen and oxygen atoms in total. The van der Waals surface area contributed by atoms with E-state index in [-0.39, 0.29) is 19.4 Å². The molecular formula is C13H17N3O5S. The third-order valence-electron chi connectivity index (χ3n) is 3.78. The average Bonchev–Trinajstić information content (AvgIpc) is 3.12. The van der Waals surface area contributed by atoms with E-state index in [9.17, 15) is 13.2 Å². The van der Waals surface area contributed by atoms with Gasteiger partial charge in [0.15, 0.2) is 11.5 Å². The highest BCUT2D eigenvalue weighted by Gasteiger charge is 2.33. The zero-order valence-corrected chi connectivity index (χ0v) is 12.6. The van der Waals surface area contributed by atoms with Crippen molar-refractivity contribution in [3.63, 3.8) is 0 Å². The molecule has 3 rings (SSSR count). The molecule has 0 aliphatic carbocycles. The van der Waals surface area contributed by atoms with E-state index < -0.39 is 15.3 Å². The Morgan fingerprint density at radius 1 is 1.36 bits per heavy atom. The number of amides is 2. The van der Waals surface area contributed by atoms with Crippen molar-refractivity contribution >= 4 is 16.1 Å². The zero-order chi connectivity index (χ0) is 15.7. The Bertz CT molecular complexity index is 691. The van der Waals surface area contributed by atoms with E-state index in [1.807, 2.05) is 6.07 Å². The number of benzene rings is 1. The van der Waals surface area contributed by atoms with Gasteiger partial charge in [-0.25, -0.2) is 18.4 Å². The number of carbonyl (C=O) groups excluding carboxylic acids is 1. The number of nitrogens with zero attached hydrogens (tertiary/aromatic N) is 1. The van der Waals surface area contributed by atoms with Gasteiger partial charge in [0, 0.05) is 19.6 Å². The number of urea groups is 1. The van der Waals surface area contributed by atoms with Crippen LogP contribution in [0.2, 0.25) is 0 Å². The second kappa shape index (κ2) is 5.65. The standard InChI is InChI=1S/C13H17N3O5S/c14-22(18,19)10-3-4-16(7-10)13(17)15-6-9-1-2-11-12(5-9)21-8-20-11/h1-2,5,10H,3-4,6-8H2,(H,15,17)(H2,14,18,19). The number of carbonyl (C=O) groups is 1. The van der Waals surface area contributed by atoms with Crippen molar-refractivity contribution in [1.82, 2.24) is 10.2 Å². The Balaban J connectivity index is 1.55. The van der Waals surface area contributed by atoms with Gasteiger partial charge in [-0.05, 0) is 24.1 Å². The lowest BCUT2D eigenvalue weighted by molar-refractivity contribution is 0.174. The van der Waals surface area contributed by atoms with Gasteiger partial charge in [-0.3, -0.25) is 0 Å². The van der Waals surface area contributed by atoms with Gasteiger partial charge < -0.3 is 19.7 Å². The summed E-state index contributed by atoms with van der Waals surface area (Å²) in [6.45, 7) is 1.04. The Morgan fingerprint density at radius 2 is 2.14 bits per heavy atom. The minimum absolute atomic E-state index is 0.131. The van der Waals surface area contributed by atoms with Crippen LogP contribution in [0.5, 0.6) is 11.5 Å². The van der Waals surface area contributed by atoms with Crippen LogP contribution in [0.1, 0.15) is 12.0 Å². The van der Waals surface area contributed by atoms with Gasteiger partial charge in [0.05, 0.1) is 5.25 Å². The molecule has 2 aliphatic rings. The van der Waals surface area contributed by atoms with E-state index in [1.165, 1.54) is 4.90 Å². The lowest BCUT2D eigenvalue weighted by Crippen LogP contribution is -2.40. The second-order valence-electron chi connectivity index (χ2n) is 5.29. The first kappa shape index (κ1) is 14.9. The summed E-state index contributed by atoms with van der Waals surface area (Å²) >= 11 is 0. The maximum absolute atomic E-state index is 12.0. The van der Waals surface area contributed by atoms with Gasteiger partial charge in [-0.1, -0.05) is 6.07 Å². The number of ether oxygens (including phenoxy) is 2. The van der Waals surface area contributed by atoms with Gasteiger partial charge in [-0.2, -0.15) is 0 Å². The molecular weight excluding hydrogens is 310 g/mol. The zero-order valence-electron chi connectivity index (χ0n) is 11.8. The summed E-state index contributed by atoms with van der Waals surface area (Å²) in [4.78, 5) is 13.5. The number of hydrogen-bond acceptors (Lipinski definition) is 5. The molecule has 2 amide bonds. The summed E-state index contributed by atoms with van der Waals surface area (Å²) < 4.78 is 33.1. The van der Waals surface area contributed by atoms with E-state index in [0.29, 0.717) is 31.0 Å². The summed E-state index contributed by atoms with van der Waals surface area (Å²) in [6.07, 6.45) is 0.371. The molecule has 2 heterocycles. The molecule has 1 atom stereocenters. The lowest BCUT2D eigenvalue weighted by Gasteiger charge is -2.17. The highest BCUT2D eigenvalue weighted by Crippen LogP contribution is 2.32. The van der Waals surface area contributed by atoms with Crippen LogP contribution in [0.15, 0.2) is 18.2 Å². The predicted molar refractivity (Wildman–Crippen MR) is 77.9 cm³/mol. The number of hydrogen-bond donors (Lipinski definition) is 2. The first-order chi connectivity index (χ1) is 10.4. The Labute approximate surface area is 128 Å². The molecule has 1 aromatic rings. The van der Waals surface area contributed by atoms with Crippen LogP contribution in [0.25, 0.3) is 0 Å². The van der Waals surface area contributed by atoms with Gasteiger partial charge in [0.1, 0.15) is 0 Å². The number of nitrogens with two attached hydrogens (primary N) is 1. The Morgan fingerprint density at radius 3 is 2.86 bits per heavy atom. The SMILES string of the molecule is NS(=O)(=O)C1CCN(C(=O)NCc2ccc3c(c2)OCO3)C1. The number of fused-ring (bicyclic) bond motifs is 1. The number of rotatable bonds is 3. The highest BCUT2D eigenvalue weighted by molar-refractivity contribution is 7.89. The number of sulfonamides is 1. The van der Waals surface area contributed by atoms with Gasteiger partial charge in [0.2, 0.25) is 16.8 Å². The molecule has 0 bridgehead atoms. The van der Waals surface area contributed by atoms with E-state index in [2.05, 4.69) is 5.32 Å². The smallest absolute Gasteiger partial charge is 0.317 e. The van der Waals surface area contributed by atoms with Crippen LogP contribution in [-0.4, -0.2) is 44.5 Å². The van der Waals surface area contributed by atoms with Crippen LogP contribution < -0.4 is 19.9 Å². The largest absolute Gasteiger partial charge is 0.454 e. The monoisotopic (exact) mass is 327 g/mol. The minimum Gasteiger partial charge on any atom is -0.454 e. The highest BCUT2D eigenvalue weighted by atomic mass is 32.2. The van der Waals surface area contributed by atoms with Gasteiger partial charge >= 0.3 is 6.03 Å². The summed E-state index contributed by atoms with van der Waals surface area (Å²) in [7, 11) is -3.60. The van der Waals surface area contributed by atoms with Crippen LogP contribution in [0.3, 0.4) is 0 Å². The molecule has 1 aromatic carbocycles. The molecule has 120 valence electrons. The first-order valence-corrected chi connectivity index (χ1v) is 8.47. The van der Waals surface area contributed by atoms with E-state index in [1.54, 1.807) is 12.1 Å². The van der Waals surface area contributed by atoms with Gasteiger partial charge in [-0.15, -0.1) is 0 Å². The quantitative estimate of drug-likeness (QED) is 0.811. The van der Waals surface area contributed by atoms with Crippen molar-refractivity contribution in [3.05, 3.63) is 23.8 Å². The fourth-order valence-corrected chi connectivity index (χ4v) is 3.34. The molecule has 1 saturated heterocycles. The minimum atomic E-state index is -3.60. The molecule has 1 fully saturated rings. The molecule has 22 heavy (non-hydrogen) atoms. The van der Waals surface area contributed by atoms with Crippen molar-refractivity contribution < 1.29 is 22.7 Å². The van der Waals surface area contributed by atoms with Crippen LogP contribution in [0.4, 0.5) is 4.79 Å². The van der Waals surface area contributed by atoms with Crippen molar-refractivity contribution in [2.75, 3.05) is 19.9 Å². The Kier molecular flexibility index (Phi) is 3.83. The van der Waals surface area contributed by atoms with Gasteiger partial charge in [0.25, 0.3) is 0 Å². The number of likely N-dealkylation sites (tertiary alicyclic amines) is 1. The first-order valence-electron chi connectivity index (χ1n) is 6.86. The predicted octanol–water partition coefficient (Wildman–Crippen LogP) is -0.0123. The maximum atomic E-state index is 12.0. The molecule has 2 aliphatic heterocycles. The maximum Gasteiger partial charge on any atom is 0.317 e. The van der Waals surface area contributed by atoms with Crippen LogP contribution in [-0.2, 0) is 16.6 Å². The molecule has 0 spiro atoms. The van der Waals surface area contributed by atoms with E-state index in [0.717, 1.165) is 5.56 Å². The van der Waals surface area contributed by atoms with Crippen molar-refractivity contribution in [2.24, 2.45) is 5.14 Å². The number of primary sulfonamides is 1. The summed E-state index contributed by atoms with van der Waals surface area (Å²) in [5, 5.41) is 7.19. The Hall–Kier alpha value is -2.00. The fourth-order valence-electron chi connectivity index (χ4n) is 2.52. The summed E-state index contributed by atoms with van der Waals surface area (Å²) in [5.41, 5.74) is 0.875. The average molecular weight is 327 g/mol. The molecule has 0 saturated carbocycles. The van der Waals surface area contributed by atoms with Crippen LogP contribution in [0, 0.1) is 0 Å². The number of nitrogens with one attached hydrogen (secondary N) is 1. The molecule has 9 heteroatoms. The van der Waals surface area contributed by atoms with Crippen molar-refractivity contribution in [1.29, 1.82) is 0 Å².